The molecule has 0 bridgehead atoms. The van der Waals surface area contributed by atoms with Crippen LogP contribution >= 0.6 is 11.3 Å². The summed E-state index contributed by atoms with van der Waals surface area (Å²) in [6, 6.07) is 3.01. The molecule has 1 aliphatic heterocycles. The maximum atomic E-state index is 12.3. The predicted molar refractivity (Wildman–Crippen MR) is 72.3 cm³/mol. The Bertz CT molecular complexity index is 646. The fourth-order valence-corrected chi connectivity index (χ4v) is 6.10. The van der Waals surface area contributed by atoms with Gasteiger partial charge < -0.3 is 5.11 Å². The van der Waals surface area contributed by atoms with Gasteiger partial charge in [-0.1, -0.05) is 0 Å². The molecule has 2 rings (SSSR count). The summed E-state index contributed by atoms with van der Waals surface area (Å²) in [6.07, 6.45) is 0.319. The van der Waals surface area contributed by atoms with E-state index in [1.807, 2.05) is 0 Å². The molecule has 19 heavy (non-hydrogen) atoms. The lowest BCUT2D eigenvalue weighted by molar-refractivity contribution is 0.285. The number of rotatable bonds is 3. The molecule has 1 aromatic heterocycles. The molecular formula is C10H15NO5S3. The molecule has 9 heteroatoms. The van der Waals surface area contributed by atoms with Gasteiger partial charge in [0, 0.05) is 18.0 Å². The summed E-state index contributed by atoms with van der Waals surface area (Å²) < 4.78 is 49.0. The Labute approximate surface area is 116 Å². The number of sulfone groups is 1. The molecule has 0 unspecified atom stereocenters. The van der Waals surface area contributed by atoms with E-state index >= 15 is 0 Å². The molecule has 0 amide bonds. The van der Waals surface area contributed by atoms with Crippen molar-refractivity contribution in [2.24, 2.45) is 0 Å². The third kappa shape index (κ3) is 3.34. The van der Waals surface area contributed by atoms with Gasteiger partial charge in [0.1, 0.15) is 4.21 Å². The maximum absolute atomic E-state index is 12.3. The van der Waals surface area contributed by atoms with Crippen molar-refractivity contribution in [1.29, 1.82) is 0 Å². The number of aliphatic hydroxyl groups is 1. The summed E-state index contributed by atoms with van der Waals surface area (Å²) in [5.74, 6) is -0.101. The zero-order valence-corrected chi connectivity index (χ0v) is 12.6. The summed E-state index contributed by atoms with van der Waals surface area (Å²) in [7, 11) is -6.79. The number of hydrogen-bond acceptors (Lipinski definition) is 6. The quantitative estimate of drug-likeness (QED) is 0.848. The predicted octanol–water partition coefficient (Wildman–Crippen LogP) is 0.0496. The Hall–Kier alpha value is -0.480. The smallest absolute Gasteiger partial charge is 0.252 e. The first kappa shape index (κ1) is 14.9. The minimum Gasteiger partial charge on any atom is -0.391 e. The Kier molecular flexibility index (Phi) is 4.31. The summed E-state index contributed by atoms with van der Waals surface area (Å²) in [5.41, 5.74) is 0. The first-order chi connectivity index (χ1) is 8.85. The van der Waals surface area contributed by atoms with Crippen LogP contribution in [0.4, 0.5) is 0 Å². The third-order valence-electron chi connectivity index (χ3n) is 2.90. The number of sulfonamides is 1. The summed E-state index contributed by atoms with van der Waals surface area (Å²) in [6.45, 7) is 0.0134. The average Bonchev–Trinajstić information content (AvgIpc) is 2.75. The largest absolute Gasteiger partial charge is 0.391 e. The Morgan fingerprint density at radius 1 is 1.26 bits per heavy atom. The molecule has 1 aliphatic rings. The zero-order valence-electron chi connectivity index (χ0n) is 10.1. The van der Waals surface area contributed by atoms with Crippen molar-refractivity contribution >= 4 is 31.2 Å². The first-order valence-corrected chi connectivity index (χ1v) is 9.83. The van der Waals surface area contributed by atoms with Crippen LogP contribution in [0.5, 0.6) is 0 Å². The number of aliphatic hydroxyl groups excluding tert-OH is 1. The van der Waals surface area contributed by atoms with Gasteiger partial charge in [0.15, 0.2) is 9.84 Å². The molecule has 0 aliphatic carbocycles. The Balaban J connectivity index is 2.24. The summed E-state index contributed by atoms with van der Waals surface area (Å²) in [5, 5.41) is 8.96. The summed E-state index contributed by atoms with van der Waals surface area (Å²) >= 11 is 1.01. The van der Waals surface area contributed by atoms with Crippen molar-refractivity contribution in [2.45, 2.75) is 17.2 Å². The maximum Gasteiger partial charge on any atom is 0.252 e. The van der Waals surface area contributed by atoms with E-state index in [2.05, 4.69) is 0 Å². The van der Waals surface area contributed by atoms with Crippen LogP contribution < -0.4 is 0 Å². The molecule has 0 saturated carbocycles. The van der Waals surface area contributed by atoms with Crippen LogP contribution in [0.1, 0.15) is 11.3 Å². The first-order valence-electron chi connectivity index (χ1n) is 5.75. The number of hydrogen-bond donors (Lipinski definition) is 1. The molecule has 6 nitrogen and oxygen atoms in total. The van der Waals surface area contributed by atoms with E-state index in [9.17, 15) is 16.8 Å². The van der Waals surface area contributed by atoms with Crippen LogP contribution in [0.25, 0.3) is 0 Å². The highest BCUT2D eigenvalue weighted by Crippen LogP contribution is 2.25. The number of nitrogens with zero attached hydrogens (tertiary/aromatic N) is 1. The van der Waals surface area contributed by atoms with Crippen molar-refractivity contribution in [2.75, 3.05) is 24.6 Å². The zero-order chi connectivity index (χ0) is 14.1. The fourth-order valence-electron chi connectivity index (χ4n) is 1.87. The van der Waals surface area contributed by atoms with Gasteiger partial charge in [-0.2, -0.15) is 4.31 Å². The molecule has 0 radical (unpaired) electrons. The van der Waals surface area contributed by atoms with Crippen molar-refractivity contribution in [1.82, 2.24) is 4.31 Å². The van der Waals surface area contributed by atoms with E-state index in [1.165, 1.54) is 10.4 Å². The second-order valence-electron chi connectivity index (χ2n) is 4.29. The van der Waals surface area contributed by atoms with E-state index in [1.54, 1.807) is 6.07 Å². The fraction of sp³-hybridized carbons (Fsp3) is 0.600. The second kappa shape index (κ2) is 5.49. The van der Waals surface area contributed by atoms with E-state index in [0.717, 1.165) is 11.3 Å². The third-order valence-corrected chi connectivity index (χ3v) is 8.05. The van der Waals surface area contributed by atoms with Gasteiger partial charge in [0.25, 0.3) is 10.0 Å². The molecule has 108 valence electrons. The van der Waals surface area contributed by atoms with E-state index in [0.29, 0.717) is 11.3 Å². The minimum absolute atomic E-state index is 0.00295. The normalized spacial score (nSPS) is 21.1. The Morgan fingerprint density at radius 2 is 2.00 bits per heavy atom. The lowest BCUT2D eigenvalue weighted by Gasteiger charge is -2.17. The highest BCUT2D eigenvalue weighted by molar-refractivity contribution is 7.92. The lowest BCUT2D eigenvalue weighted by Crippen LogP contribution is -2.33. The molecule has 1 N–H and O–H groups in total. The number of thiophene rings is 1. The van der Waals surface area contributed by atoms with Crippen LogP contribution in [0.15, 0.2) is 16.3 Å². The van der Waals surface area contributed by atoms with Crippen LogP contribution in [0.3, 0.4) is 0 Å². The standard InChI is InChI=1S/C10H15NO5S3/c12-8-9-2-3-10(17-9)19(15,16)11-4-1-6-18(13,14)7-5-11/h2-3,12H,1,4-8H2. The molecule has 1 aromatic rings. The topological polar surface area (TPSA) is 91.8 Å². The molecule has 0 atom stereocenters. The van der Waals surface area contributed by atoms with Gasteiger partial charge in [-0.05, 0) is 18.6 Å². The minimum atomic E-state index is -3.65. The van der Waals surface area contributed by atoms with Crippen molar-refractivity contribution in [3.05, 3.63) is 17.0 Å². The van der Waals surface area contributed by atoms with Crippen molar-refractivity contribution < 1.29 is 21.9 Å². The van der Waals surface area contributed by atoms with Crippen molar-refractivity contribution in [3.63, 3.8) is 0 Å². The highest BCUT2D eigenvalue weighted by atomic mass is 32.2. The SMILES string of the molecule is O=S1(=O)CCCN(S(=O)(=O)c2ccc(CO)s2)CC1. The van der Waals surface area contributed by atoms with Crippen LogP contribution in [-0.2, 0) is 26.5 Å². The average molecular weight is 325 g/mol. The molecule has 2 heterocycles. The van der Waals surface area contributed by atoms with Gasteiger partial charge in [-0.3, -0.25) is 0 Å². The van der Waals surface area contributed by atoms with E-state index in [-0.39, 0.29) is 35.4 Å². The Morgan fingerprint density at radius 3 is 2.63 bits per heavy atom. The molecule has 1 fully saturated rings. The van der Waals surface area contributed by atoms with Crippen LogP contribution in [0.2, 0.25) is 0 Å². The van der Waals surface area contributed by atoms with Gasteiger partial charge >= 0.3 is 0 Å². The van der Waals surface area contributed by atoms with Gasteiger partial charge in [-0.25, -0.2) is 16.8 Å². The summed E-state index contributed by atoms with van der Waals surface area (Å²) in [4.78, 5) is 0.570. The molecular weight excluding hydrogens is 310 g/mol. The van der Waals surface area contributed by atoms with Gasteiger partial charge in [0.2, 0.25) is 0 Å². The molecule has 0 spiro atoms. The molecule has 0 aromatic carbocycles. The van der Waals surface area contributed by atoms with Crippen LogP contribution in [0, 0.1) is 0 Å². The van der Waals surface area contributed by atoms with E-state index in [4.69, 9.17) is 5.11 Å². The molecule has 1 saturated heterocycles. The van der Waals surface area contributed by atoms with E-state index < -0.39 is 19.9 Å². The second-order valence-corrected chi connectivity index (χ2v) is 9.93. The van der Waals surface area contributed by atoms with Gasteiger partial charge in [0.05, 0.1) is 18.1 Å². The van der Waals surface area contributed by atoms with Gasteiger partial charge in [-0.15, -0.1) is 11.3 Å². The van der Waals surface area contributed by atoms with Crippen LogP contribution in [-0.4, -0.2) is 50.8 Å². The van der Waals surface area contributed by atoms with Crippen molar-refractivity contribution in [3.8, 4) is 0 Å². The lowest BCUT2D eigenvalue weighted by atomic mass is 10.5. The monoisotopic (exact) mass is 325 g/mol. The highest BCUT2D eigenvalue weighted by Gasteiger charge is 2.29.